The van der Waals surface area contributed by atoms with E-state index in [4.69, 9.17) is 21.1 Å². The Morgan fingerprint density at radius 2 is 1.90 bits per heavy atom. The van der Waals surface area contributed by atoms with Crippen molar-refractivity contribution < 1.29 is 14.3 Å². The lowest BCUT2D eigenvalue weighted by molar-refractivity contribution is 0.0229. The Kier molecular flexibility index (Phi) is 4.38. The average Bonchev–Trinajstić information content (AvgIpc) is 2.73. The number of rotatable bonds is 2. The van der Waals surface area contributed by atoms with Gasteiger partial charge in [0.1, 0.15) is 17.0 Å². The number of ether oxygens (including phenoxy) is 2. The van der Waals surface area contributed by atoms with Crippen LogP contribution in [0.5, 0.6) is 5.75 Å². The number of nitrogens with zero attached hydrogens (tertiary/aromatic N) is 1. The first kappa shape index (κ1) is 16.0. The van der Waals surface area contributed by atoms with Gasteiger partial charge in [-0.2, -0.15) is 0 Å². The summed E-state index contributed by atoms with van der Waals surface area (Å²) in [5.41, 5.74) is -0.877. The summed E-state index contributed by atoms with van der Waals surface area (Å²) in [6, 6.07) is 7.26. The van der Waals surface area contributed by atoms with Crippen molar-refractivity contribution >= 4 is 17.7 Å². The Morgan fingerprint density at radius 3 is 2.48 bits per heavy atom. The lowest BCUT2D eigenvalue weighted by Gasteiger charge is -2.28. The van der Waals surface area contributed by atoms with E-state index in [1.54, 1.807) is 17.0 Å². The first-order valence-corrected chi connectivity index (χ1v) is 7.47. The lowest BCUT2D eigenvalue weighted by atomic mass is 10.1. The zero-order chi connectivity index (χ0) is 15.7. The molecular formula is C16H22ClNO3. The van der Waals surface area contributed by atoms with Crippen LogP contribution in [-0.4, -0.2) is 35.3 Å². The Bertz CT molecular complexity index is 509. The second-order valence-electron chi connectivity index (χ2n) is 6.66. The number of likely N-dealkylation sites (tertiary alicyclic amines) is 1. The van der Waals surface area contributed by atoms with Gasteiger partial charge in [-0.1, -0.05) is 11.6 Å². The van der Waals surface area contributed by atoms with Crippen molar-refractivity contribution in [3.05, 3.63) is 29.3 Å². The largest absolute Gasteiger partial charge is 0.486 e. The smallest absolute Gasteiger partial charge is 0.410 e. The molecule has 0 saturated carbocycles. The molecule has 1 saturated heterocycles. The number of amides is 1. The van der Waals surface area contributed by atoms with E-state index in [9.17, 15) is 4.79 Å². The summed E-state index contributed by atoms with van der Waals surface area (Å²) in [4.78, 5) is 13.8. The van der Waals surface area contributed by atoms with E-state index in [1.165, 1.54) is 0 Å². The number of carbonyl (C=O) groups excluding carboxylic acids is 1. The van der Waals surface area contributed by atoms with Gasteiger partial charge in [0.25, 0.3) is 0 Å². The fraction of sp³-hybridized carbons (Fsp3) is 0.562. The van der Waals surface area contributed by atoms with Gasteiger partial charge in [0.15, 0.2) is 0 Å². The molecule has 0 aliphatic carbocycles. The number of benzene rings is 1. The second kappa shape index (κ2) is 5.76. The summed E-state index contributed by atoms with van der Waals surface area (Å²) in [6.45, 7) is 8.76. The van der Waals surface area contributed by atoms with Gasteiger partial charge in [-0.25, -0.2) is 4.79 Å². The summed E-state index contributed by atoms with van der Waals surface area (Å²) in [6.07, 6.45) is 0.487. The molecule has 116 valence electrons. The molecule has 0 bridgehead atoms. The van der Waals surface area contributed by atoms with E-state index in [-0.39, 0.29) is 6.09 Å². The fourth-order valence-corrected chi connectivity index (χ4v) is 2.41. The van der Waals surface area contributed by atoms with E-state index in [1.807, 2.05) is 39.8 Å². The molecule has 1 aliphatic rings. The lowest BCUT2D eigenvalue weighted by Crippen LogP contribution is -2.40. The number of hydrogen-bond donors (Lipinski definition) is 0. The highest BCUT2D eigenvalue weighted by molar-refractivity contribution is 6.30. The van der Waals surface area contributed by atoms with Gasteiger partial charge in [-0.3, -0.25) is 0 Å². The van der Waals surface area contributed by atoms with Crippen LogP contribution in [0.2, 0.25) is 5.02 Å². The summed E-state index contributed by atoms with van der Waals surface area (Å²) in [5.74, 6) is 0.757. The fourth-order valence-electron chi connectivity index (χ4n) is 2.29. The molecule has 1 fully saturated rings. The summed E-state index contributed by atoms with van der Waals surface area (Å²) in [5, 5.41) is 0.675. The molecule has 5 heteroatoms. The van der Waals surface area contributed by atoms with E-state index in [2.05, 4.69) is 0 Å². The highest BCUT2D eigenvalue weighted by atomic mass is 35.5. The third kappa shape index (κ3) is 4.53. The third-order valence-corrected chi connectivity index (χ3v) is 3.52. The van der Waals surface area contributed by atoms with Crippen molar-refractivity contribution in [2.45, 2.75) is 45.3 Å². The molecule has 2 rings (SSSR count). The number of hydrogen-bond acceptors (Lipinski definition) is 3. The van der Waals surface area contributed by atoms with Crippen molar-refractivity contribution in [1.82, 2.24) is 4.90 Å². The molecular weight excluding hydrogens is 290 g/mol. The van der Waals surface area contributed by atoms with E-state index >= 15 is 0 Å². The molecule has 0 aromatic heterocycles. The third-order valence-electron chi connectivity index (χ3n) is 3.27. The minimum Gasteiger partial charge on any atom is -0.486 e. The molecule has 1 unspecified atom stereocenters. The van der Waals surface area contributed by atoms with Gasteiger partial charge in [-0.15, -0.1) is 0 Å². The van der Waals surface area contributed by atoms with Gasteiger partial charge in [0, 0.05) is 18.0 Å². The predicted octanol–water partition coefficient (Wildman–Crippen LogP) is 4.12. The molecule has 1 amide bonds. The second-order valence-corrected chi connectivity index (χ2v) is 7.09. The van der Waals surface area contributed by atoms with Crippen LogP contribution in [0.15, 0.2) is 24.3 Å². The van der Waals surface area contributed by atoms with Crippen LogP contribution in [-0.2, 0) is 4.74 Å². The summed E-state index contributed by atoms with van der Waals surface area (Å²) in [7, 11) is 0. The monoisotopic (exact) mass is 311 g/mol. The van der Waals surface area contributed by atoms with Gasteiger partial charge >= 0.3 is 6.09 Å². The predicted molar refractivity (Wildman–Crippen MR) is 82.9 cm³/mol. The molecule has 0 spiro atoms. The van der Waals surface area contributed by atoms with Gasteiger partial charge in [0.05, 0.1) is 6.54 Å². The summed E-state index contributed by atoms with van der Waals surface area (Å²) < 4.78 is 11.4. The number of carbonyl (C=O) groups is 1. The van der Waals surface area contributed by atoms with E-state index in [0.717, 1.165) is 12.2 Å². The Morgan fingerprint density at radius 1 is 1.29 bits per heavy atom. The standard InChI is InChI=1S/C16H22ClNO3/c1-15(2,3)21-14(19)18-10-9-16(4,11-18)20-13-7-5-12(17)6-8-13/h5-8H,9-11H2,1-4H3. The van der Waals surface area contributed by atoms with E-state index < -0.39 is 11.2 Å². The van der Waals surface area contributed by atoms with Gasteiger partial charge in [0.2, 0.25) is 0 Å². The zero-order valence-corrected chi connectivity index (χ0v) is 13.7. The SMILES string of the molecule is CC(C)(C)OC(=O)N1CCC(C)(Oc2ccc(Cl)cc2)C1. The molecule has 1 aromatic rings. The van der Waals surface area contributed by atoms with Crippen LogP contribution in [0, 0.1) is 0 Å². The van der Waals surface area contributed by atoms with Crippen LogP contribution >= 0.6 is 11.6 Å². The van der Waals surface area contributed by atoms with Crippen molar-refractivity contribution in [3.63, 3.8) is 0 Å². The topological polar surface area (TPSA) is 38.8 Å². The van der Waals surface area contributed by atoms with Crippen LogP contribution in [0.3, 0.4) is 0 Å². The van der Waals surface area contributed by atoms with Crippen LogP contribution in [0.25, 0.3) is 0 Å². The Labute approximate surface area is 131 Å². The van der Waals surface area contributed by atoms with Gasteiger partial charge in [-0.05, 0) is 52.0 Å². The van der Waals surface area contributed by atoms with Crippen LogP contribution < -0.4 is 4.74 Å². The normalized spacial score (nSPS) is 22.2. The highest BCUT2D eigenvalue weighted by Gasteiger charge is 2.39. The minimum absolute atomic E-state index is 0.286. The van der Waals surface area contributed by atoms with E-state index in [0.29, 0.717) is 18.1 Å². The first-order valence-electron chi connectivity index (χ1n) is 7.09. The number of halogens is 1. The molecule has 1 aliphatic heterocycles. The highest BCUT2D eigenvalue weighted by Crippen LogP contribution is 2.29. The summed E-state index contributed by atoms with van der Waals surface area (Å²) >= 11 is 5.86. The minimum atomic E-state index is -0.479. The van der Waals surface area contributed by atoms with Crippen molar-refractivity contribution in [2.24, 2.45) is 0 Å². The Hall–Kier alpha value is -1.42. The Balaban J connectivity index is 1.96. The van der Waals surface area contributed by atoms with Crippen molar-refractivity contribution in [3.8, 4) is 5.75 Å². The molecule has 4 nitrogen and oxygen atoms in total. The molecule has 0 N–H and O–H groups in total. The molecule has 1 atom stereocenters. The molecule has 1 heterocycles. The molecule has 21 heavy (non-hydrogen) atoms. The average molecular weight is 312 g/mol. The van der Waals surface area contributed by atoms with Gasteiger partial charge < -0.3 is 14.4 Å². The quantitative estimate of drug-likeness (QED) is 0.824. The van der Waals surface area contributed by atoms with Crippen LogP contribution in [0.1, 0.15) is 34.1 Å². The molecule has 1 aromatic carbocycles. The maximum absolute atomic E-state index is 12.1. The van der Waals surface area contributed by atoms with Crippen molar-refractivity contribution in [2.75, 3.05) is 13.1 Å². The zero-order valence-electron chi connectivity index (χ0n) is 13.0. The van der Waals surface area contributed by atoms with Crippen LogP contribution in [0.4, 0.5) is 4.79 Å². The maximum atomic E-state index is 12.1. The maximum Gasteiger partial charge on any atom is 0.410 e. The first-order chi connectivity index (χ1) is 9.67. The van der Waals surface area contributed by atoms with Crippen molar-refractivity contribution in [1.29, 1.82) is 0 Å². The molecule has 0 radical (unpaired) electrons.